The Bertz CT molecular complexity index is 913. The van der Waals surface area contributed by atoms with Crippen molar-refractivity contribution in [3.63, 3.8) is 0 Å². The summed E-state index contributed by atoms with van der Waals surface area (Å²) in [6, 6.07) is 7.25. The van der Waals surface area contributed by atoms with Crippen LogP contribution in [0.3, 0.4) is 0 Å². The Kier molecular flexibility index (Phi) is 5.53. The Morgan fingerprint density at radius 2 is 1.82 bits per heavy atom. The molecule has 0 aromatic heterocycles. The predicted octanol–water partition coefficient (Wildman–Crippen LogP) is 2.87. The van der Waals surface area contributed by atoms with E-state index in [4.69, 9.17) is 18.9 Å². The molecule has 1 N–H and O–H groups in total. The summed E-state index contributed by atoms with van der Waals surface area (Å²) in [6.45, 7) is 2.35. The lowest BCUT2D eigenvalue weighted by atomic mass is 10.1. The summed E-state index contributed by atoms with van der Waals surface area (Å²) in [6.07, 6.45) is 0. The van der Waals surface area contributed by atoms with Gasteiger partial charge in [-0.2, -0.15) is 0 Å². The highest BCUT2D eigenvalue weighted by molar-refractivity contribution is 5.99. The van der Waals surface area contributed by atoms with Gasteiger partial charge in [-0.05, 0) is 25.1 Å². The second kappa shape index (κ2) is 8.03. The number of hydrogen-bond donors (Lipinski definition) is 1. The standard InChI is InChI=1S/C19H20N2O7/c1-11(13-8-12(25-2)4-5-16(13)26-3)20-19(22)14-9-17-18(28-7-6-27-17)10-15(14)21(23)24/h4-5,8-11H,6-7H2,1-3H3,(H,20,22). The molecule has 148 valence electrons. The van der Waals surface area contributed by atoms with Crippen molar-refractivity contribution >= 4 is 11.6 Å². The summed E-state index contributed by atoms with van der Waals surface area (Å²) >= 11 is 0. The molecule has 0 bridgehead atoms. The Morgan fingerprint density at radius 1 is 1.14 bits per heavy atom. The van der Waals surface area contributed by atoms with Crippen LogP contribution in [0.1, 0.15) is 28.9 Å². The molecule has 2 aromatic rings. The van der Waals surface area contributed by atoms with Crippen LogP contribution in [0.25, 0.3) is 0 Å². The van der Waals surface area contributed by atoms with Gasteiger partial charge >= 0.3 is 0 Å². The van der Waals surface area contributed by atoms with E-state index < -0.39 is 16.9 Å². The van der Waals surface area contributed by atoms with Gasteiger partial charge in [0.15, 0.2) is 11.5 Å². The van der Waals surface area contributed by atoms with Gasteiger partial charge in [-0.1, -0.05) is 0 Å². The lowest BCUT2D eigenvalue weighted by Gasteiger charge is -2.20. The van der Waals surface area contributed by atoms with Crippen LogP contribution in [0.4, 0.5) is 5.69 Å². The number of benzene rings is 2. The molecule has 0 aliphatic carbocycles. The first-order valence-electron chi connectivity index (χ1n) is 8.55. The third-order valence-corrected chi connectivity index (χ3v) is 4.35. The van der Waals surface area contributed by atoms with Gasteiger partial charge in [0.2, 0.25) is 0 Å². The summed E-state index contributed by atoms with van der Waals surface area (Å²) in [5.41, 5.74) is 0.213. The molecule has 1 atom stereocenters. The third-order valence-electron chi connectivity index (χ3n) is 4.35. The normalized spacial score (nSPS) is 13.4. The van der Waals surface area contributed by atoms with Gasteiger partial charge in [-0.3, -0.25) is 14.9 Å². The van der Waals surface area contributed by atoms with Crippen molar-refractivity contribution in [2.75, 3.05) is 27.4 Å². The van der Waals surface area contributed by atoms with Crippen LogP contribution in [-0.2, 0) is 0 Å². The Morgan fingerprint density at radius 3 is 2.43 bits per heavy atom. The molecule has 28 heavy (non-hydrogen) atoms. The van der Waals surface area contributed by atoms with Gasteiger partial charge in [0.1, 0.15) is 30.3 Å². The van der Waals surface area contributed by atoms with E-state index in [1.165, 1.54) is 26.4 Å². The van der Waals surface area contributed by atoms with E-state index in [1.807, 2.05) is 0 Å². The van der Waals surface area contributed by atoms with Crippen molar-refractivity contribution in [1.82, 2.24) is 5.32 Å². The monoisotopic (exact) mass is 388 g/mol. The predicted molar refractivity (Wildman–Crippen MR) is 99.5 cm³/mol. The maximum atomic E-state index is 12.8. The number of amides is 1. The van der Waals surface area contributed by atoms with Gasteiger partial charge in [0.25, 0.3) is 11.6 Å². The molecule has 0 saturated carbocycles. The highest BCUT2D eigenvalue weighted by atomic mass is 16.6. The smallest absolute Gasteiger partial charge is 0.286 e. The van der Waals surface area contributed by atoms with E-state index in [0.717, 1.165) is 0 Å². The number of nitrogens with zero attached hydrogens (tertiary/aromatic N) is 1. The summed E-state index contributed by atoms with van der Waals surface area (Å²) in [5, 5.41) is 14.2. The van der Waals surface area contributed by atoms with Crippen molar-refractivity contribution < 1.29 is 28.7 Å². The molecule has 2 aromatic carbocycles. The van der Waals surface area contributed by atoms with Crippen LogP contribution >= 0.6 is 0 Å². The molecule has 9 nitrogen and oxygen atoms in total. The summed E-state index contributed by atoms with van der Waals surface area (Å²) in [5.74, 6) is 1.10. The molecule has 1 heterocycles. The van der Waals surface area contributed by atoms with E-state index in [0.29, 0.717) is 36.0 Å². The molecular weight excluding hydrogens is 368 g/mol. The van der Waals surface area contributed by atoms with Crippen LogP contribution in [0, 0.1) is 10.1 Å². The summed E-state index contributed by atoms with van der Waals surface area (Å²) in [4.78, 5) is 23.6. The van der Waals surface area contributed by atoms with Crippen molar-refractivity contribution in [3.05, 3.63) is 51.6 Å². The molecule has 0 radical (unpaired) electrons. The van der Waals surface area contributed by atoms with Crippen LogP contribution in [0.2, 0.25) is 0 Å². The lowest BCUT2D eigenvalue weighted by Crippen LogP contribution is -2.28. The molecule has 0 fully saturated rings. The Labute approximate surface area is 161 Å². The lowest BCUT2D eigenvalue weighted by molar-refractivity contribution is -0.385. The van der Waals surface area contributed by atoms with E-state index in [-0.39, 0.29) is 17.0 Å². The quantitative estimate of drug-likeness (QED) is 0.598. The average Bonchev–Trinajstić information content (AvgIpc) is 2.71. The number of hydrogen-bond acceptors (Lipinski definition) is 7. The maximum absolute atomic E-state index is 12.8. The largest absolute Gasteiger partial charge is 0.497 e. The zero-order chi connectivity index (χ0) is 20.3. The molecule has 1 aliphatic heterocycles. The molecule has 1 amide bonds. The summed E-state index contributed by atoms with van der Waals surface area (Å²) < 4.78 is 21.4. The van der Waals surface area contributed by atoms with E-state index in [1.54, 1.807) is 25.1 Å². The first kappa shape index (κ1) is 19.3. The van der Waals surface area contributed by atoms with Gasteiger partial charge in [0.05, 0.1) is 31.3 Å². The number of carbonyl (C=O) groups is 1. The van der Waals surface area contributed by atoms with Gasteiger partial charge < -0.3 is 24.3 Å². The number of carbonyl (C=O) groups excluding carboxylic acids is 1. The number of fused-ring (bicyclic) bond motifs is 1. The van der Waals surface area contributed by atoms with Crippen LogP contribution in [0.5, 0.6) is 23.0 Å². The number of ether oxygens (including phenoxy) is 4. The van der Waals surface area contributed by atoms with E-state index in [9.17, 15) is 14.9 Å². The first-order chi connectivity index (χ1) is 13.4. The number of nitro groups is 1. The Balaban J connectivity index is 1.92. The first-order valence-corrected chi connectivity index (χ1v) is 8.55. The van der Waals surface area contributed by atoms with Crippen molar-refractivity contribution in [3.8, 4) is 23.0 Å². The van der Waals surface area contributed by atoms with Crippen molar-refractivity contribution in [2.45, 2.75) is 13.0 Å². The number of nitro benzene ring substituents is 1. The van der Waals surface area contributed by atoms with Gasteiger partial charge in [-0.15, -0.1) is 0 Å². The average molecular weight is 388 g/mol. The highest BCUT2D eigenvalue weighted by Crippen LogP contribution is 2.37. The fourth-order valence-corrected chi connectivity index (χ4v) is 2.94. The minimum Gasteiger partial charge on any atom is -0.497 e. The fourth-order valence-electron chi connectivity index (χ4n) is 2.94. The summed E-state index contributed by atoms with van der Waals surface area (Å²) in [7, 11) is 3.05. The SMILES string of the molecule is COc1ccc(OC)c(C(C)NC(=O)c2cc3c(cc2[N+](=O)[O-])OCCO3)c1. The number of nitrogens with one attached hydrogen (secondary N) is 1. The van der Waals surface area contributed by atoms with Crippen LogP contribution in [0.15, 0.2) is 30.3 Å². The topological polar surface area (TPSA) is 109 Å². The van der Waals surface area contributed by atoms with Crippen molar-refractivity contribution in [2.24, 2.45) is 0 Å². The Hall–Kier alpha value is -3.49. The van der Waals surface area contributed by atoms with Crippen LogP contribution < -0.4 is 24.3 Å². The minimum absolute atomic E-state index is 0.108. The number of methoxy groups -OCH3 is 2. The zero-order valence-electron chi connectivity index (χ0n) is 15.7. The molecule has 1 unspecified atom stereocenters. The molecule has 0 saturated heterocycles. The highest BCUT2D eigenvalue weighted by Gasteiger charge is 2.27. The second-order valence-corrected chi connectivity index (χ2v) is 6.07. The van der Waals surface area contributed by atoms with E-state index in [2.05, 4.69) is 5.32 Å². The number of rotatable bonds is 6. The molecule has 3 rings (SSSR count). The molecule has 0 spiro atoms. The maximum Gasteiger partial charge on any atom is 0.286 e. The van der Waals surface area contributed by atoms with Gasteiger partial charge in [-0.25, -0.2) is 0 Å². The van der Waals surface area contributed by atoms with Crippen LogP contribution in [-0.4, -0.2) is 38.3 Å². The second-order valence-electron chi connectivity index (χ2n) is 6.07. The molecule has 9 heteroatoms. The zero-order valence-corrected chi connectivity index (χ0v) is 15.7. The minimum atomic E-state index is -0.621. The fraction of sp³-hybridized carbons (Fsp3) is 0.316. The van der Waals surface area contributed by atoms with Crippen molar-refractivity contribution in [1.29, 1.82) is 0 Å². The molecular formula is C19H20N2O7. The molecule has 1 aliphatic rings. The van der Waals surface area contributed by atoms with E-state index >= 15 is 0 Å². The third kappa shape index (κ3) is 3.78. The van der Waals surface area contributed by atoms with Gasteiger partial charge in [0, 0.05) is 11.6 Å².